The van der Waals surface area contributed by atoms with Crippen LogP contribution in [0.15, 0.2) is 24.3 Å². The van der Waals surface area contributed by atoms with E-state index in [4.69, 9.17) is 4.74 Å². The summed E-state index contributed by atoms with van der Waals surface area (Å²) >= 11 is 0. The van der Waals surface area contributed by atoms with Gasteiger partial charge in [0.15, 0.2) is 0 Å². The number of ether oxygens (including phenoxy) is 1. The Labute approximate surface area is 163 Å². The molecule has 1 heterocycles. The van der Waals surface area contributed by atoms with Crippen LogP contribution in [0.25, 0.3) is 0 Å². The highest BCUT2D eigenvalue weighted by atomic mass is 35.5. The van der Waals surface area contributed by atoms with Gasteiger partial charge in [0.1, 0.15) is 5.75 Å². The molecule has 3 rings (SSSR count). The van der Waals surface area contributed by atoms with Crippen LogP contribution in [-0.4, -0.2) is 25.1 Å². The van der Waals surface area contributed by atoms with Crippen molar-refractivity contribution in [1.29, 1.82) is 0 Å². The summed E-state index contributed by atoms with van der Waals surface area (Å²) < 4.78 is 6.16. The highest BCUT2D eigenvalue weighted by Crippen LogP contribution is 2.27. The van der Waals surface area contributed by atoms with E-state index >= 15 is 0 Å². The van der Waals surface area contributed by atoms with Crippen LogP contribution >= 0.6 is 12.4 Å². The summed E-state index contributed by atoms with van der Waals surface area (Å²) in [5.41, 5.74) is 1.08. The Bertz CT molecular complexity index is 555. The zero-order valence-electron chi connectivity index (χ0n) is 15.8. The number of para-hydroxylation sites is 1. The van der Waals surface area contributed by atoms with E-state index in [-0.39, 0.29) is 18.3 Å². The van der Waals surface area contributed by atoms with Gasteiger partial charge >= 0.3 is 0 Å². The molecule has 146 valence electrons. The van der Waals surface area contributed by atoms with Crippen LogP contribution < -0.4 is 15.4 Å². The van der Waals surface area contributed by atoms with Gasteiger partial charge in [-0.15, -0.1) is 12.4 Å². The average Bonchev–Trinajstić information content (AvgIpc) is 3.15. The second kappa shape index (κ2) is 10.8. The number of hydrogen-bond donors (Lipinski definition) is 2. The third kappa shape index (κ3) is 6.17. The summed E-state index contributed by atoms with van der Waals surface area (Å²) in [7, 11) is 0. The van der Waals surface area contributed by atoms with Gasteiger partial charge in [0.05, 0.1) is 6.10 Å². The lowest BCUT2D eigenvalue weighted by atomic mass is 9.85. The molecule has 1 amide bonds. The Hall–Kier alpha value is -1.26. The number of piperidine rings is 1. The van der Waals surface area contributed by atoms with Crippen molar-refractivity contribution < 1.29 is 9.53 Å². The largest absolute Gasteiger partial charge is 0.490 e. The van der Waals surface area contributed by atoms with Crippen molar-refractivity contribution in [2.75, 3.05) is 13.1 Å². The lowest BCUT2D eigenvalue weighted by Crippen LogP contribution is -2.35. The molecule has 1 aliphatic heterocycles. The van der Waals surface area contributed by atoms with Crippen molar-refractivity contribution in [3.8, 4) is 5.75 Å². The standard InChI is InChI=1S/C21H32N2O2.ClH/c1-16(17-8-6-12-22-14-17)13-21(24)23-15-18-7-2-5-11-20(18)25-19-9-3-4-10-19;/h2,5,7,11,16-17,19,22H,3-4,6,8-10,12-15H2,1H3,(H,23,24);1H. The maximum absolute atomic E-state index is 12.4. The molecule has 2 atom stereocenters. The normalized spacial score (nSPS) is 21.7. The molecule has 1 saturated heterocycles. The number of carbonyl (C=O) groups is 1. The molecule has 0 spiro atoms. The molecule has 0 radical (unpaired) electrons. The van der Waals surface area contributed by atoms with Gasteiger partial charge in [0.2, 0.25) is 5.91 Å². The second-order valence-corrected chi connectivity index (χ2v) is 7.70. The van der Waals surface area contributed by atoms with Gasteiger partial charge < -0.3 is 15.4 Å². The molecule has 4 nitrogen and oxygen atoms in total. The van der Waals surface area contributed by atoms with Crippen molar-refractivity contribution in [2.45, 2.75) is 64.5 Å². The first-order valence-corrected chi connectivity index (χ1v) is 9.94. The molecular formula is C21H33ClN2O2. The lowest BCUT2D eigenvalue weighted by molar-refractivity contribution is -0.122. The topological polar surface area (TPSA) is 50.4 Å². The summed E-state index contributed by atoms with van der Waals surface area (Å²) in [5, 5.41) is 6.54. The van der Waals surface area contributed by atoms with E-state index in [0.717, 1.165) is 37.2 Å². The average molecular weight is 381 g/mol. The predicted octanol–water partition coefficient (Wildman–Crippen LogP) is 4.07. The fourth-order valence-electron chi connectivity index (χ4n) is 4.04. The fourth-order valence-corrected chi connectivity index (χ4v) is 4.04. The first kappa shape index (κ1) is 21.0. The van der Waals surface area contributed by atoms with Crippen molar-refractivity contribution in [3.63, 3.8) is 0 Å². The van der Waals surface area contributed by atoms with E-state index in [0.29, 0.717) is 30.9 Å². The number of benzene rings is 1. The minimum Gasteiger partial charge on any atom is -0.490 e. The molecule has 2 fully saturated rings. The smallest absolute Gasteiger partial charge is 0.220 e. The molecule has 26 heavy (non-hydrogen) atoms. The Kier molecular flexibility index (Phi) is 8.73. The van der Waals surface area contributed by atoms with E-state index < -0.39 is 0 Å². The van der Waals surface area contributed by atoms with E-state index in [1.54, 1.807) is 0 Å². The third-order valence-corrected chi connectivity index (χ3v) is 5.69. The van der Waals surface area contributed by atoms with E-state index in [1.165, 1.54) is 25.7 Å². The number of rotatable bonds is 7. The van der Waals surface area contributed by atoms with E-state index in [1.807, 2.05) is 18.2 Å². The van der Waals surface area contributed by atoms with E-state index in [9.17, 15) is 4.79 Å². The van der Waals surface area contributed by atoms with Gasteiger partial charge in [-0.05, 0) is 69.5 Å². The second-order valence-electron chi connectivity index (χ2n) is 7.70. The number of carbonyl (C=O) groups excluding carboxylic acids is 1. The molecule has 2 N–H and O–H groups in total. The van der Waals surface area contributed by atoms with Crippen molar-refractivity contribution in [1.82, 2.24) is 10.6 Å². The number of hydrogen-bond acceptors (Lipinski definition) is 3. The van der Waals surface area contributed by atoms with Crippen molar-refractivity contribution >= 4 is 18.3 Å². The molecule has 0 bridgehead atoms. The molecule has 2 aliphatic rings. The maximum atomic E-state index is 12.4. The van der Waals surface area contributed by atoms with Gasteiger partial charge in [-0.3, -0.25) is 4.79 Å². The zero-order valence-corrected chi connectivity index (χ0v) is 16.7. The van der Waals surface area contributed by atoms with Crippen LogP contribution in [0.3, 0.4) is 0 Å². The summed E-state index contributed by atoms with van der Waals surface area (Å²) in [5.74, 6) is 2.13. The van der Waals surface area contributed by atoms with E-state index in [2.05, 4.69) is 23.6 Å². The molecule has 1 aromatic rings. The minimum atomic E-state index is 0. The Morgan fingerprint density at radius 1 is 1.23 bits per heavy atom. The predicted molar refractivity (Wildman–Crippen MR) is 108 cm³/mol. The van der Waals surface area contributed by atoms with Gasteiger partial charge in [-0.2, -0.15) is 0 Å². The lowest BCUT2D eigenvalue weighted by Gasteiger charge is -2.28. The highest BCUT2D eigenvalue weighted by molar-refractivity contribution is 5.85. The quantitative estimate of drug-likeness (QED) is 0.749. The van der Waals surface area contributed by atoms with Crippen molar-refractivity contribution in [2.24, 2.45) is 11.8 Å². The third-order valence-electron chi connectivity index (χ3n) is 5.69. The van der Waals surface area contributed by atoms with Crippen LogP contribution in [0.2, 0.25) is 0 Å². The zero-order chi connectivity index (χ0) is 17.5. The summed E-state index contributed by atoms with van der Waals surface area (Å²) in [4.78, 5) is 12.4. The molecular weight excluding hydrogens is 348 g/mol. The van der Waals surface area contributed by atoms with Crippen LogP contribution in [0.5, 0.6) is 5.75 Å². The van der Waals surface area contributed by atoms with Crippen LogP contribution in [0.4, 0.5) is 0 Å². The maximum Gasteiger partial charge on any atom is 0.220 e. The van der Waals surface area contributed by atoms with Crippen molar-refractivity contribution in [3.05, 3.63) is 29.8 Å². The monoisotopic (exact) mass is 380 g/mol. The van der Waals surface area contributed by atoms with Gasteiger partial charge in [0.25, 0.3) is 0 Å². The number of halogens is 1. The summed E-state index contributed by atoms with van der Waals surface area (Å²) in [6.45, 7) is 4.92. The molecule has 2 unspecified atom stereocenters. The summed E-state index contributed by atoms with van der Waals surface area (Å²) in [6.07, 6.45) is 8.23. The van der Waals surface area contributed by atoms with Crippen LogP contribution in [0, 0.1) is 11.8 Å². The van der Waals surface area contributed by atoms with Crippen LogP contribution in [0.1, 0.15) is 57.4 Å². The van der Waals surface area contributed by atoms with Gasteiger partial charge in [-0.1, -0.05) is 25.1 Å². The SMILES string of the molecule is CC(CC(=O)NCc1ccccc1OC1CCCC1)C1CCCNC1.Cl. The number of nitrogens with one attached hydrogen (secondary N) is 2. The summed E-state index contributed by atoms with van der Waals surface area (Å²) in [6, 6.07) is 8.10. The Morgan fingerprint density at radius 3 is 2.73 bits per heavy atom. The Morgan fingerprint density at radius 2 is 2.00 bits per heavy atom. The minimum absolute atomic E-state index is 0. The molecule has 5 heteroatoms. The fraction of sp³-hybridized carbons (Fsp3) is 0.667. The molecule has 1 aliphatic carbocycles. The van der Waals surface area contributed by atoms with Crippen LogP contribution in [-0.2, 0) is 11.3 Å². The first-order chi connectivity index (χ1) is 12.2. The number of amides is 1. The molecule has 1 aromatic carbocycles. The molecule has 1 saturated carbocycles. The van der Waals surface area contributed by atoms with Gasteiger partial charge in [0, 0.05) is 18.5 Å². The molecule has 0 aromatic heterocycles. The highest BCUT2D eigenvalue weighted by Gasteiger charge is 2.22. The van der Waals surface area contributed by atoms with Gasteiger partial charge in [-0.25, -0.2) is 0 Å². The Balaban J connectivity index is 0.00000243. The first-order valence-electron chi connectivity index (χ1n) is 9.94.